The minimum atomic E-state index is -1.07. The number of H-pyrrole nitrogens is 1. The van der Waals surface area contributed by atoms with Gasteiger partial charge in [-0.05, 0) is 67.9 Å². The summed E-state index contributed by atoms with van der Waals surface area (Å²) in [6, 6.07) is 12.3. The first kappa shape index (κ1) is 27.0. The molecule has 2 aliphatic heterocycles. The summed E-state index contributed by atoms with van der Waals surface area (Å²) < 4.78 is 10.7. The quantitative estimate of drug-likeness (QED) is 0.414. The monoisotopic (exact) mass is 534 g/mol. The van der Waals surface area contributed by atoms with E-state index in [-0.39, 0.29) is 24.1 Å². The Bertz CT molecular complexity index is 1370. The second-order valence-corrected chi connectivity index (χ2v) is 10.6. The first-order chi connectivity index (χ1) is 18.8. The van der Waals surface area contributed by atoms with Crippen LogP contribution in [-0.2, 0) is 20.7 Å². The van der Waals surface area contributed by atoms with Gasteiger partial charge in [0.1, 0.15) is 17.0 Å². The summed E-state index contributed by atoms with van der Waals surface area (Å²) in [5.74, 6) is 0.701. The zero-order valence-electron chi connectivity index (χ0n) is 23.2. The van der Waals surface area contributed by atoms with Crippen LogP contribution in [0.5, 0.6) is 11.5 Å². The Hall–Kier alpha value is -3.56. The summed E-state index contributed by atoms with van der Waals surface area (Å²) in [6.07, 6.45) is 1.17. The number of aromatic amines is 1. The number of fused-ring (bicyclic) bond motifs is 4. The van der Waals surface area contributed by atoms with Gasteiger partial charge in [-0.1, -0.05) is 19.1 Å². The molecule has 2 amide bonds. The average Bonchev–Trinajstić information content (AvgIpc) is 3.29. The fraction of sp³-hybridized carbons (Fsp3) is 0.467. The minimum absolute atomic E-state index is 0.0390. The molecular formula is C30H38N4O5. The number of hydrogen-bond acceptors (Lipinski definition) is 6. The van der Waals surface area contributed by atoms with E-state index in [1.165, 1.54) is 0 Å². The molecule has 2 atom stereocenters. The second kappa shape index (κ2) is 10.9. The number of aromatic nitrogens is 1. The number of piperazine rings is 1. The number of aromatic hydroxyl groups is 1. The molecule has 9 heteroatoms. The zero-order chi connectivity index (χ0) is 27.7. The van der Waals surface area contributed by atoms with Crippen molar-refractivity contribution in [2.45, 2.75) is 38.3 Å². The summed E-state index contributed by atoms with van der Waals surface area (Å²) in [4.78, 5) is 37.4. The lowest BCUT2D eigenvalue weighted by atomic mass is 9.78. The summed E-state index contributed by atoms with van der Waals surface area (Å²) >= 11 is 0. The van der Waals surface area contributed by atoms with Crippen LogP contribution in [0.3, 0.4) is 0 Å². The maximum atomic E-state index is 14.2. The van der Waals surface area contributed by atoms with Crippen molar-refractivity contribution in [1.29, 1.82) is 0 Å². The first-order valence-corrected chi connectivity index (χ1v) is 13.6. The molecule has 3 heterocycles. The van der Waals surface area contributed by atoms with Gasteiger partial charge < -0.3 is 34.3 Å². The van der Waals surface area contributed by atoms with E-state index < -0.39 is 11.6 Å². The van der Waals surface area contributed by atoms with Crippen LogP contribution in [0, 0.1) is 0 Å². The highest BCUT2D eigenvalue weighted by molar-refractivity contribution is 6.00. The Morgan fingerprint density at radius 1 is 1.15 bits per heavy atom. The molecule has 0 radical (unpaired) electrons. The van der Waals surface area contributed by atoms with Crippen LogP contribution < -0.4 is 4.74 Å². The van der Waals surface area contributed by atoms with Gasteiger partial charge in [0.15, 0.2) is 0 Å². The summed E-state index contributed by atoms with van der Waals surface area (Å²) in [7, 11) is 3.33. The van der Waals surface area contributed by atoms with Crippen LogP contribution in [0.1, 0.15) is 43.1 Å². The number of rotatable bonds is 10. The highest BCUT2D eigenvalue weighted by Crippen LogP contribution is 2.47. The molecular weight excluding hydrogens is 496 g/mol. The fourth-order valence-electron chi connectivity index (χ4n) is 6.22. The van der Waals surface area contributed by atoms with E-state index in [1.54, 1.807) is 42.2 Å². The molecule has 1 saturated heterocycles. The summed E-state index contributed by atoms with van der Waals surface area (Å²) in [5.41, 5.74) is 2.47. The van der Waals surface area contributed by atoms with E-state index in [9.17, 15) is 14.7 Å². The van der Waals surface area contributed by atoms with E-state index >= 15 is 0 Å². The van der Waals surface area contributed by atoms with Crippen molar-refractivity contribution >= 4 is 22.7 Å². The first-order valence-electron chi connectivity index (χ1n) is 13.6. The number of amides is 2. The summed E-state index contributed by atoms with van der Waals surface area (Å²) in [6.45, 7) is 7.78. The van der Waals surface area contributed by atoms with Gasteiger partial charge in [0.05, 0.1) is 26.3 Å². The highest BCUT2D eigenvalue weighted by atomic mass is 16.5. The molecule has 0 spiro atoms. The van der Waals surface area contributed by atoms with E-state index in [4.69, 9.17) is 9.47 Å². The number of nitrogens with zero attached hydrogens (tertiary/aromatic N) is 3. The zero-order valence-corrected chi connectivity index (χ0v) is 23.2. The van der Waals surface area contributed by atoms with Gasteiger partial charge in [0.2, 0.25) is 11.8 Å². The molecule has 2 aromatic carbocycles. The maximum Gasteiger partial charge on any atom is 0.249 e. The SMILES string of the molecule is CCN(CCCN1CC(=O)N2[C@H](c3cccc(O)c3)c3[nH]c4ccc(OC)cc4c3C[C@@]2(C)C1=O)CCOC. The maximum absolute atomic E-state index is 14.2. The highest BCUT2D eigenvalue weighted by Gasteiger charge is 2.55. The number of nitrogens with one attached hydrogen (secondary N) is 1. The van der Waals surface area contributed by atoms with E-state index in [0.717, 1.165) is 59.5 Å². The number of benzene rings is 2. The molecule has 2 N–H and O–H groups in total. The Labute approximate surface area is 229 Å². The Balaban J connectivity index is 1.52. The Morgan fingerprint density at radius 3 is 2.69 bits per heavy atom. The van der Waals surface area contributed by atoms with Crippen LogP contribution in [0.4, 0.5) is 0 Å². The third kappa shape index (κ3) is 4.85. The molecule has 0 unspecified atom stereocenters. The van der Waals surface area contributed by atoms with Crippen molar-refractivity contribution in [3.05, 3.63) is 59.3 Å². The van der Waals surface area contributed by atoms with Crippen LogP contribution in [0.2, 0.25) is 0 Å². The number of phenols is 1. The largest absolute Gasteiger partial charge is 0.508 e. The topological polar surface area (TPSA) is 98.3 Å². The predicted octanol–water partition coefficient (Wildman–Crippen LogP) is 3.32. The molecule has 2 aliphatic rings. The third-order valence-corrected chi connectivity index (χ3v) is 8.22. The number of ether oxygens (including phenoxy) is 2. The molecule has 3 aromatic rings. The van der Waals surface area contributed by atoms with Gasteiger partial charge in [-0.15, -0.1) is 0 Å². The number of carbonyl (C=O) groups excluding carboxylic acids is 2. The van der Waals surface area contributed by atoms with E-state index in [2.05, 4.69) is 16.8 Å². The fourth-order valence-corrected chi connectivity index (χ4v) is 6.22. The Kier molecular flexibility index (Phi) is 7.55. The van der Waals surface area contributed by atoms with Gasteiger partial charge in [0, 0.05) is 43.2 Å². The lowest BCUT2D eigenvalue weighted by Crippen LogP contribution is -2.69. The molecule has 9 nitrogen and oxygen atoms in total. The lowest BCUT2D eigenvalue weighted by molar-refractivity contribution is -0.167. The summed E-state index contributed by atoms with van der Waals surface area (Å²) in [5, 5.41) is 11.3. The number of likely N-dealkylation sites (N-methyl/N-ethyl adjacent to an activating group) is 1. The molecule has 39 heavy (non-hydrogen) atoms. The van der Waals surface area contributed by atoms with Crippen LogP contribution in [0.25, 0.3) is 10.9 Å². The van der Waals surface area contributed by atoms with Gasteiger partial charge in [-0.25, -0.2) is 0 Å². The smallest absolute Gasteiger partial charge is 0.249 e. The normalized spacial score (nSPS) is 21.0. The number of methoxy groups -OCH3 is 2. The lowest BCUT2D eigenvalue weighted by Gasteiger charge is -2.53. The van der Waals surface area contributed by atoms with Crippen molar-refractivity contribution < 1.29 is 24.2 Å². The van der Waals surface area contributed by atoms with Crippen molar-refractivity contribution in [3.63, 3.8) is 0 Å². The van der Waals surface area contributed by atoms with Gasteiger partial charge in [-0.3, -0.25) is 9.59 Å². The Morgan fingerprint density at radius 2 is 1.97 bits per heavy atom. The molecule has 0 saturated carbocycles. The predicted molar refractivity (Wildman–Crippen MR) is 149 cm³/mol. The minimum Gasteiger partial charge on any atom is -0.508 e. The van der Waals surface area contributed by atoms with Crippen molar-refractivity contribution in [2.24, 2.45) is 0 Å². The molecule has 5 rings (SSSR count). The number of carbonyl (C=O) groups is 2. The molecule has 208 valence electrons. The van der Waals surface area contributed by atoms with E-state index in [1.807, 2.05) is 31.2 Å². The van der Waals surface area contributed by atoms with Crippen molar-refractivity contribution in [3.8, 4) is 11.5 Å². The van der Waals surface area contributed by atoms with Crippen LogP contribution in [-0.4, -0.2) is 95.7 Å². The van der Waals surface area contributed by atoms with Gasteiger partial charge in [0.25, 0.3) is 0 Å². The van der Waals surface area contributed by atoms with Crippen molar-refractivity contribution in [2.75, 3.05) is 53.6 Å². The molecule has 1 aromatic heterocycles. The molecule has 1 fully saturated rings. The standard InChI is InChI=1S/C30H38N4O5/c1-5-32(14-15-38-3)12-7-13-33-19-26(36)34-28(20-8-6-9-21(35)16-20)27-24(18-30(34,2)29(33)37)23-17-22(39-4)10-11-25(23)31-27/h6,8-11,16-17,28,31,35H,5,7,12-15,18-19H2,1-4H3/t28-,30+/m1/s1. The van der Waals surface area contributed by atoms with Crippen molar-refractivity contribution in [1.82, 2.24) is 19.7 Å². The molecule has 0 aliphatic carbocycles. The van der Waals surface area contributed by atoms with E-state index in [0.29, 0.717) is 19.6 Å². The molecule has 0 bridgehead atoms. The third-order valence-electron chi connectivity index (χ3n) is 8.22. The number of hydrogen-bond donors (Lipinski definition) is 2. The van der Waals surface area contributed by atoms with Crippen LogP contribution in [0.15, 0.2) is 42.5 Å². The van der Waals surface area contributed by atoms with Crippen LogP contribution >= 0.6 is 0 Å². The average molecular weight is 535 g/mol. The van der Waals surface area contributed by atoms with Gasteiger partial charge >= 0.3 is 0 Å². The van der Waals surface area contributed by atoms with Gasteiger partial charge in [-0.2, -0.15) is 0 Å². The second-order valence-electron chi connectivity index (χ2n) is 10.6. The number of phenolic OH excluding ortho intramolecular Hbond substituents is 1.